The molecule has 1 aliphatic rings. The van der Waals surface area contributed by atoms with Crippen LogP contribution in [0.25, 0.3) is 0 Å². The lowest BCUT2D eigenvalue weighted by Gasteiger charge is -2.04. The van der Waals surface area contributed by atoms with Crippen molar-refractivity contribution in [3.63, 3.8) is 0 Å². The van der Waals surface area contributed by atoms with E-state index in [1.165, 1.54) is 18.2 Å². The van der Waals surface area contributed by atoms with Crippen LogP contribution in [0.1, 0.15) is 39.7 Å². The van der Waals surface area contributed by atoms with Gasteiger partial charge in [0.15, 0.2) is 0 Å². The van der Waals surface area contributed by atoms with Gasteiger partial charge in [0.05, 0.1) is 12.7 Å². The van der Waals surface area contributed by atoms with E-state index in [1.807, 2.05) is 18.2 Å². The lowest BCUT2D eigenvalue weighted by molar-refractivity contribution is 0.0600. The summed E-state index contributed by atoms with van der Waals surface area (Å²) in [5.74, 6) is 0.861. The van der Waals surface area contributed by atoms with Gasteiger partial charge in [-0.3, -0.25) is 0 Å². The fourth-order valence-electron chi connectivity index (χ4n) is 2.65. The Morgan fingerprint density at radius 1 is 1.00 bits per heavy atom. The molecule has 1 aliphatic carbocycles. The fourth-order valence-corrected chi connectivity index (χ4v) is 2.65. The van der Waals surface area contributed by atoms with Crippen LogP contribution >= 0.6 is 0 Å². The molecule has 0 heterocycles. The summed E-state index contributed by atoms with van der Waals surface area (Å²) >= 11 is 0. The first kappa shape index (κ1) is 12.0. The molecule has 0 amide bonds. The lowest BCUT2D eigenvalue weighted by Crippen LogP contribution is -2.01. The molecule has 0 saturated heterocycles. The number of methoxy groups -OCH3 is 1. The summed E-state index contributed by atoms with van der Waals surface area (Å²) in [7, 11) is 1.42. The molecular weight excluding hydrogens is 236 g/mol. The number of carbonyl (C=O) groups excluding carboxylic acids is 1. The Morgan fingerprint density at radius 2 is 1.68 bits per heavy atom. The van der Waals surface area contributed by atoms with E-state index >= 15 is 0 Å². The van der Waals surface area contributed by atoms with E-state index in [4.69, 9.17) is 4.74 Å². The third-order valence-corrected chi connectivity index (χ3v) is 3.75. The van der Waals surface area contributed by atoms with Crippen LogP contribution in [0.15, 0.2) is 54.6 Å². The maximum absolute atomic E-state index is 11.5. The minimum atomic E-state index is -0.265. The average molecular weight is 252 g/mol. The van der Waals surface area contributed by atoms with Gasteiger partial charge in [-0.1, -0.05) is 42.5 Å². The van der Waals surface area contributed by atoms with Gasteiger partial charge in [0.2, 0.25) is 0 Å². The van der Waals surface area contributed by atoms with Gasteiger partial charge < -0.3 is 4.74 Å². The Hall–Kier alpha value is -2.09. The highest BCUT2D eigenvalue weighted by atomic mass is 16.5. The summed E-state index contributed by atoms with van der Waals surface area (Å²) in [5, 5.41) is 0. The number of hydrogen-bond acceptors (Lipinski definition) is 2. The molecule has 1 saturated carbocycles. The van der Waals surface area contributed by atoms with Crippen molar-refractivity contribution in [2.75, 3.05) is 7.11 Å². The summed E-state index contributed by atoms with van der Waals surface area (Å²) in [6.45, 7) is 0. The fraction of sp³-hybridized carbons (Fsp3) is 0.235. The monoisotopic (exact) mass is 252 g/mol. The van der Waals surface area contributed by atoms with Crippen molar-refractivity contribution in [1.82, 2.24) is 0 Å². The predicted octanol–water partition coefficient (Wildman–Crippen LogP) is 3.74. The molecule has 2 heteroatoms. The Balaban J connectivity index is 1.80. The molecule has 2 aromatic carbocycles. The maximum atomic E-state index is 11.5. The first-order valence-corrected chi connectivity index (χ1v) is 6.53. The predicted molar refractivity (Wildman–Crippen MR) is 74.3 cm³/mol. The number of hydrogen-bond donors (Lipinski definition) is 0. The van der Waals surface area contributed by atoms with Crippen molar-refractivity contribution in [1.29, 1.82) is 0 Å². The zero-order chi connectivity index (χ0) is 13.2. The summed E-state index contributed by atoms with van der Waals surface area (Å²) < 4.78 is 4.76. The topological polar surface area (TPSA) is 26.3 Å². The molecule has 0 spiro atoms. The zero-order valence-corrected chi connectivity index (χ0v) is 10.9. The second-order valence-corrected chi connectivity index (χ2v) is 4.98. The number of esters is 1. The number of carbonyl (C=O) groups is 1. The largest absolute Gasteiger partial charge is 0.465 e. The number of benzene rings is 2. The maximum Gasteiger partial charge on any atom is 0.337 e. The molecule has 2 aromatic rings. The molecule has 3 rings (SSSR count). The van der Waals surface area contributed by atoms with Crippen molar-refractivity contribution >= 4 is 5.97 Å². The highest BCUT2D eigenvalue weighted by Crippen LogP contribution is 2.54. The molecule has 0 bridgehead atoms. The van der Waals surface area contributed by atoms with Gasteiger partial charge in [-0.05, 0) is 41.5 Å². The molecule has 96 valence electrons. The Bertz CT molecular complexity index is 589. The van der Waals surface area contributed by atoms with E-state index in [-0.39, 0.29) is 5.97 Å². The third kappa shape index (κ3) is 2.39. The first-order valence-electron chi connectivity index (χ1n) is 6.53. The summed E-state index contributed by atoms with van der Waals surface area (Å²) in [6.07, 6.45) is 1.16. The Labute approximate surface area is 113 Å². The second kappa shape index (κ2) is 4.88. The van der Waals surface area contributed by atoms with E-state index in [0.29, 0.717) is 17.4 Å². The van der Waals surface area contributed by atoms with Crippen molar-refractivity contribution in [2.45, 2.75) is 18.3 Å². The van der Waals surface area contributed by atoms with Crippen LogP contribution in [-0.2, 0) is 4.74 Å². The second-order valence-electron chi connectivity index (χ2n) is 4.98. The van der Waals surface area contributed by atoms with Gasteiger partial charge in [-0.15, -0.1) is 0 Å². The molecule has 0 aliphatic heterocycles. The zero-order valence-electron chi connectivity index (χ0n) is 10.9. The van der Waals surface area contributed by atoms with Crippen LogP contribution in [-0.4, -0.2) is 13.1 Å². The molecule has 2 nitrogen and oxygen atoms in total. The van der Waals surface area contributed by atoms with Crippen LogP contribution in [0.3, 0.4) is 0 Å². The van der Waals surface area contributed by atoms with Gasteiger partial charge in [0.1, 0.15) is 0 Å². The molecule has 0 aromatic heterocycles. The van der Waals surface area contributed by atoms with Gasteiger partial charge in [0.25, 0.3) is 0 Å². The highest BCUT2D eigenvalue weighted by Gasteiger charge is 2.39. The van der Waals surface area contributed by atoms with E-state index < -0.39 is 0 Å². The van der Waals surface area contributed by atoms with Crippen molar-refractivity contribution in [2.24, 2.45) is 0 Å². The van der Waals surface area contributed by atoms with Gasteiger partial charge in [-0.2, -0.15) is 0 Å². The molecule has 1 unspecified atom stereocenters. The summed E-state index contributed by atoms with van der Waals surface area (Å²) in [4.78, 5) is 11.5. The number of ether oxygens (including phenoxy) is 1. The standard InChI is InChI=1S/C17H16O2/c1-19-17(18)14-9-5-8-13(10-14)16-11-15(16)12-6-3-2-4-7-12/h2-10,15-16H,11H2,1H3/t15-,16?/m1/s1. The van der Waals surface area contributed by atoms with E-state index in [1.54, 1.807) is 6.07 Å². The van der Waals surface area contributed by atoms with E-state index in [2.05, 4.69) is 30.3 Å². The minimum absolute atomic E-state index is 0.265. The van der Waals surface area contributed by atoms with Gasteiger partial charge in [0, 0.05) is 0 Å². The van der Waals surface area contributed by atoms with E-state index in [0.717, 1.165) is 6.42 Å². The van der Waals surface area contributed by atoms with Crippen LogP contribution in [0.5, 0.6) is 0 Å². The first-order chi connectivity index (χ1) is 9.29. The van der Waals surface area contributed by atoms with Crippen molar-refractivity contribution in [3.8, 4) is 0 Å². The molecule has 19 heavy (non-hydrogen) atoms. The Morgan fingerprint density at radius 3 is 2.42 bits per heavy atom. The molecule has 2 atom stereocenters. The number of rotatable bonds is 3. The normalized spacial score (nSPS) is 20.9. The molecule has 1 fully saturated rings. The quantitative estimate of drug-likeness (QED) is 0.778. The SMILES string of the molecule is COC(=O)c1cccc(C2C[C@@H]2c2ccccc2)c1. The van der Waals surface area contributed by atoms with Gasteiger partial charge >= 0.3 is 5.97 Å². The third-order valence-electron chi connectivity index (χ3n) is 3.75. The summed E-state index contributed by atoms with van der Waals surface area (Å²) in [5.41, 5.74) is 3.26. The smallest absolute Gasteiger partial charge is 0.337 e. The minimum Gasteiger partial charge on any atom is -0.465 e. The van der Waals surface area contributed by atoms with Crippen LogP contribution in [0.4, 0.5) is 0 Å². The van der Waals surface area contributed by atoms with Crippen LogP contribution in [0, 0.1) is 0 Å². The lowest BCUT2D eigenvalue weighted by atomic mass is 10.0. The average Bonchev–Trinajstić information content (AvgIpc) is 3.28. The van der Waals surface area contributed by atoms with Crippen molar-refractivity contribution in [3.05, 3.63) is 71.3 Å². The van der Waals surface area contributed by atoms with Gasteiger partial charge in [-0.25, -0.2) is 4.79 Å². The molecule has 0 radical (unpaired) electrons. The van der Waals surface area contributed by atoms with Crippen molar-refractivity contribution < 1.29 is 9.53 Å². The molecule has 0 N–H and O–H groups in total. The van der Waals surface area contributed by atoms with Crippen LogP contribution in [0.2, 0.25) is 0 Å². The highest BCUT2D eigenvalue weighted by molar-refractivity contribution is 5.89. The molecular formula is C17H16O2. The summed E-state index contributed by atoms with van der Waals surface area (Å²) in [6, 6.07) is 18.3. The Kier molecular flexibility index (Phi) is 3.08. The van der Waals surface area contributed by atoms with Crippen LogP contribution < -0.4 is 0 Å². The van der Waals surface area contributed by atoms with E-state index in [9.17, 15) is 4.79 Å².